The molecular formula is C11H14O2. The third kappa shape index (κ3) is 2.08. The van der Waals surface area contributed by atoms with E-state index in [4.69, 9.17) is 0 Å². The van der Waals surface area contributed by atoms with Crippen molar-refractivity contribution < 1.29 is 5.11 Å². The van der Waals surface area contributed by atoms with Gasteiger partial charge in [-0.3, -0.25) is 4.79 Å². The molecule has 0 saturated carbocycles. The van der Waals surface area contributed by atoms with Crippen LogP contribution in [0.25, 0.3) is 0 Å². The molecule has 0 heterocycles. The first-order valence-corrected chi connectivity index (χ1v) is 4.26. The van der Waals surface area contributed by atoms with Crippen molar-refractivity contribution in [1.82, 2.24) is 0 Å². The predicted molar refractivity (Wildman–Crippen MR) is 53.1 cm³/mol. The summed E-state index contributed by atoms with van der Waals surface area (Å²) in [5.41, 5.74) is 0.153. The lowest BCUT2D eigenvalue weighted by atomic mass is 9.87. The molecule has 0 fully saturated rings. The first-order chi connectivity index (χ1) is 5.93. The van der Waals surface area contributed by atoms with E-state index in [-0.39, 0.29) is 16.6 Å². The van der Waals surface area contributed by atoms with Crippen molar-refractivity contribution in [3.05, 3.63) is 40.1 Å². The molecule has 13 heavy (non-hydrogen) atoms. The molecule has 0 aromatic heterocycles. The Morgan fingerprint density at radius 3 is 2.23 bits per heavy atom. The van der Waals surface area contributed by atoms with Crippen molar-refractivity contribution in [3.8, 4) is 5.75 Å². The van der Waals surface area contributed by atoms with E-state index < -0.39 is 0 Å². The van der Waals surface area contributed by atoms with Gasteiger partial charge in [-0.1, -0.05) is 39.0 Å². The maximum atomic E-state index is 11.2. The average Bonchev–Trinajstić information content (AvgIpc) is 2.14. The van der Waals surface area contributed by atoms with Crippen molar-refractivity contribution >= 4 is 0 Å². The van der Waals surface area contributed by atoms with Gasteiger partial charge in [0.2, 0.25) is 5.43 Å². The van der Waals surface area contributed by atoms with Crippen molar-refractivity contribution in [2.75, 3.05) is 0 Å². The first-order valence-electron chi connectivity index (χ1n) is 4.26. The van der Waals surface area contributed by atoms with Crippen LogP contribution in [-0.4, -0.2) is 5.11 Å². The fourth-order valence-corrected chi connectivity index (χ4v) is 1.19. The van der Waals surface area contributed by atoms with Crippen LogP contribution in [0.15, 0.2) is 29.1 Å². The van der Waals surface area contributed by atoms with Crippen LogP contribution in [0.1, 0.15) is 26.3 Å². The molecule has 0 radical (unpaired) electrons. The molecule has 1 aromatic carbocycles. The topological polar surface area (TPSA) is 37.3 Å². The van der Waals surface area contributed by atoms with Crippen molar-refractivity contribution in [2.45, 2.75) is 26.2 Å². The lowest BCUT2D eigenvalue weighted by molar-refractivity contribution is 0.443. The second kappa shape index (κ2) is 3.21. The Balaban J connectivity index is 3.50. The molecule has 1 rings (SSSR count). The predicted octanol–water partition coefficient (Wildman–Crippen LogP) is 2.05. The van der Waals surface area contributed by atoms with Crippen LogP contribution in [0.5, 0.6) is 5.75 Å². The molecule has 0 amide bonds. The number of hydrogen-bond acceptors (Lipinski definition) is 2. The minimum absolute atomic E-state index is 0.141. The van der Waals surface area contributed by atoms with E-state index in [1.807, 2.05) is 20.8 Å². The fourth-order valence-electron chi connectivity index (χ4n) is 1.19. The van der Waals surface area contributed by atoms with Crippen LogP contribution < -0.4 is 5.43 Å². The number of aromatic hydroxyl groups is 1. The van der Waals surface area contributed by atoms with Gasteiger partial charge in [-0.25, -0.2) is 0 Å². The van der Waals surface area contributed by atoms with Crippen molar-refractivity contribution in [2.24, 2.45) is 0 Å². The lowest BCUT2D eigenvalue weighted by Gasteiger charge is -2.18. The summed E-state index contributed by atoms with van der Waals surface area (Å²) in [5.74, 6) is -0.141. The van der Waals surface area contributed by atoms with Gasteiger partial charge in [-0.15, -0.1) is 0 Å². The lowest BCUT2D eigenvalue weighted by Crippen LogP contribution is -2.13. The summed E-state index contributed by atoms with van der Waals surface area (Å²) in [6.07, 6.45) is 0. The maximum Gasteiger partial charge on any atom is 0.220 e. The molecule has 0 aliphatic heterocycles. The largest absolute Gasteiger partial charge is 0.504 e. The Bertz CT molecular complexity index is 361. The molecule has 0 spiro atoms. The standard InChI is InChI=1S/C11H14O2/c1-11(2,3)8-6-4-5-7-9(12)10(8)13/h4-7H,1-3H3,(H,12,13). The molecule has 0 aliphatic rings. The Labute approximate surface area is 77.9 Å². The van der Waals surface area contributed by atoms with Gasteiger partial charge >= 0.3 is 0 Å². The van der Waals surface area contributed by atoms with E-state index in [1.54, 1.807) is 18.2 Å². The van der Waals surface area contributed by atoms with Crippen molar-refractivity contribution in [3.63, 3.8) is 0 Å². The molecule has 1 N–H and O–H groups in total. The molecule has 0 atom stereocenters. The highest BCUT2D eigenvalue weighted by Crippen LogP contribution is 2.26. The molecule has 0 bridgehead atoms. The number of rotatable bonds is 0. The minimum Gasteiger partial charge on any atom is -0.504 e. The van der Waals surface area contributed by atoms with Gasteiger partial charge in [0, 0.05) is 5.56 Å². The molecule has 1 aromatic rings. The average molecular weight is 178 g/mol. The smallest absolute Gasteiger partial charge is 0.220 e. The van der Waals surface area contributed by atoms with Crippen LogP contribution in [0.2, 0.25) is 0 Å². The third-order valence-corrected chi connectivity index (χ3v) is 1.92. The van der Waals surface area contributed by atoms with Crippen molar-refractivity contribution in [1.29, 1.82) is 0 Å². The summed E-state index contributed by atoms with van der Waals surface area (Å²) in [6.45, 7) is 5.88. The zero-order valence-corrected chi connectivity index (χ0v) is 8.16. The summed E-state index contributed by atoms with van der Waals surface area (Å²) in [5, 5.41) is 9.58. The normalized spacial score (nSPS) is 11.3. The van der Waals surface area contributed by atoms with E-state index in [0.29, 0.717) is 5.56 Å². The fraction of sp³-hybridized carbons (Fsp3) is 0.364. The highest BCUT2D eigenvalue weighted by molar-refractivity contribution is 5.35. The number of hydrogen-bond donors (Lipinski definition) is 1. The zero-order valence-electron chi connectivity index (χ0n) is 8.16. The van der Waals surface area contributed by atoms with Gasteiger partial charge in [0.1, 0.15) is 0 Å². The Kier molecular flexibility index (Phi) is 2.41. The van der Waals surface area contributed by atoms with Crippen LogP contribution in [-0.2, 0) is 5.41 Å². The summed E-state index contributed by atoms with van der Waals surface area (Å²) >= 11 is 0. The summed E-state index contributed by atoms with van der Waals surface area (Å²) in [4.78, 5) is 11.2. The second-order valence-corrected chi connectivity index (χ2v) is 4.09. The van der Waals surface area contributed by atoms with Gasteiger partial charge in [-0.2, -0.15) is 0 Å². The quantitative estimate of drug-likeness (QED) is 0.660. The molecule has 70 valence electrons. The minimum atomic E-state index is -0.324. The van der Waals surface area contributed by atoms with Gasteiger partial charge in [0.05, 0.1) is 0 Å². The molecule has 2 heteroatoms. The Hall–Kier alpha value is -1.31. The van der Waals surface area contributed by atoms with Crippen LogP contribution in [0.4, 0.5) is 0 Å². The van der Waals surface area contributed by atoms with E-state index in [0.717, 1.165) is 0 Å². The molecule has 0 aliphatic carbocycles. The highest BCUT2D eigenvalue weighted by atomic mass is 16.3. The Morgan fingerprint density at radius 2 is 1.69 bits per heavy atom. The van der Waals surface area contributed by atoms with Crippen LogP contribution in [0.3, 0.4) is 0 Å². The zero-order chi connectivity index (χ0) is 10.1. The second-order valence-electron chi connectivity index (χ2n) is 4.09. The van der Waals surface area contributed by atoms with E-state index in [9.17, 15) is 9.90 Å². The maximum absolute atomic E-state index is 11.2. The van der Waals surface area contributed by atoms with Crippen LogP contribution >= 0.6 is 0 Å². The summed E-state index contributed by atoms with van der Waals surface area (Å²) < 4.78 is 0. The monoisotopic (exact) mass is 178 g/mol. The van der Waals surface area contributed by atoms with E-state index in [2.05, 4.69) is 0 Å². The molecule has 0 unspecified atom stereocenters. The van der Waals surface area contributed by atoms with Gasteiger partial charge in [-0.05, 0) is 11.5 Å². The van der Waals surface area contributed by atoms with Gasteiger partial charge < -0.3 is 5.11 Å². The molecule has 0 saturated heterocycles. The van der Waals surface area contributed by atoms with E-state index >= 15 is 0 Å². The molecule has 2 nitrogen and oxygen atoms in total. The SMILES string of the molecule is CC(C)(C)c1ccccc(=O)c1O. The Morgan fingerprint density at radius 1 is 1.15 bits per heavy atom. The van der Waals surface area contributed by atoms with E-state index in [1.165, 1.54) is 6.07 Å². The first kappa shape index (κ1) is 9.78. The highest BCUT2D eigenvalue weighted by Gasteiger charge is 2.17. The van der Waals surface area contributed by atoms with Crippen LogP contribution in [0, 0.1) is 0 Å². The third-order valence-electron chi connectivity index (χ3n) is 1.92. The summed E-state index contributed by atoms with van der Waals surface area (Å²) in [7, 11) is 0. The summed E-state index contributed by atoms with van der Waals surface area (Å²) in [6, 6.07) is 6.54. The molecular weight excluding hydrogens is 164 g/mol. The van der Waals surface area contributed by atoms with Gasteiger partial charge in [0.25, 0.3) is 0 Å². The van der Waals surface area contributed by atoms with Gasteiger partial charge in [0.15, 0.2) is 5.75 Å².